The van der Waals surface area contributed by atoms with Gasteiger partial charge in [0.15, 0.2) is 0 Å². The van der Waals surface area contributed by atoms with E-state index in [0.717, 1.165) is 5.69 Å². The van der Waals surface area contributed by atoms with Crippen molar-refractivity contribution in [1.82, 2.24) is 4.57 Å². The van der Waals surface area contributed by atoms with Crippen molar-refractivity contribution >= 4 is 60.4 Å². The van der Waals surface area contributed by atoms with Crippen LogP contribution in [-0.4, -0.2) is 4.57 Å². The van der Waals surface area contributed by atoms with Crippen LogP contribution >= 0.6 is 0 Å². The number of rotatable bonds is 5. The van der Waals surface area contributed by atoms with Gasteiger partial charge < -0.3 is 9.47 Å². The van der Waals surface area contributed by atoms with Crippen molar-refractivity contribution in [3.05, 3.63) is 193 Å². The van der Waals surface area contributed by atoms with E-state index in [0.29, 0.717) is 0 Å². The Kier molecular flexibility index (Phi) is 6.93. The van der Waals surface area contributed by atoms with Crippen LogP contribution in [0.25, 0.3) is 82.4 Å². The van der Waals surface area contributed by atoms with E-state index in [1.807, 2.05) is 0 Å². The quantitative estimate of drug-likeness (QED) is 0.173. The Labute approximate surface area is 321 Å². The minimum Gasteiger partial charge on any atom is -0.310 e. The lowest BCUT2D eigenvalue weighted by Gasteiger charge is -2.31. The summed E-state index contributed by atoms with van der Waals surface area (Å²) in [4.78, 5) is 2.46. The van der Waals surface area contributed by atoms with Crippen LogP contribution in [0.15, 0.2) is 176 Å². The van der Waals surface area contributed by atoms with Gasteiger partial charge in [0.25, 0.3) is 0 Å². The van der Waals surface area contributed by atoms with Crippen LogP contribution < -0.4 is 4.90 Å². The van der Waals surface area contributed by atoms with E-state index in [2.05, 4.69) is 206 Å². The number of para-hydroxylation sites is 3. The van der Waals surface area contributed by atoms with Gasteiger partial charge in [0.1, 0.15) is 0 Å². The fourth-order valence-electron chi connectivity index (χ4n) is 9.14. The molecule has 260 valence electrons. The lowest BCUT2D eigenvalue weighted by atomic mass is 9.78. The van der Waals surface area contributed by atoms with Gasteiger partial charge in [-0.3, -0.25) is 0 Å². The lowest BCUT2D eigenvalue weighted by molar-refractivity contribution is 1.19. The van der Waals surface area contributed by atoms with Gasteiger partial charge in [-0.05, 0) is 165 Å². The zero-order chi connectivity index (χ0) is 36.8. The van der Waals surface area contributed by atoms with Crippen molar-refractivity contribution < 1.29 is 0 Å². The summed E-state index contributed by atoms with van der Waals surface area (Å²) in [6, 6.07) is 65.1. The summed E-state index contributed by atoms with van der Waals surface area (Å²) in [5.74, 6) is 0. The molecule has 1 aromatic heterocycles. The molecule has 0 N–H and O–H groups in total. The second-order valence-electron chi connectivity index (χ2n) is 15.2. The summed E-state index contributed by atoms with van der Waals surface area (Å²) in [6.07, 6.45) is 0. The fourth-order valence-corrected chi connectivity index (χ4v) is 9.14. The third kappa shape index (κ3) is 4.88. The standard InChI is InChI=1S/C53H38N2/c1-33-12-11-13-34(2)53(33)55(50-25-22-37(26-35(50)3)36-14-5-4-6-15-36)43-24-21-39-30-47-46-29-38-20-23-42(27-40(38)31-48(46)49(47)32-41(39)28-43)54-51-18-9-7-16-44(51)45-17-8-10-19-52(45)54/h4-32H,1-3H3. The monoisotopic (exact) mass is 702 g/mol. The number of hydrogen-bond acceptors (Lipinski definition) is 1. The molecule has 1 heterocycles. The summed E-state index contributed by atoms with van der Waals surface area (Å²) in [6.45, 7) is 6.68. The molecule has 2 heteroatoms. The molecule has 55 heavy (non-hydrogen) atoms. The highest BCUT2D eigenvalue weighted by atomic mass is 15.1. The van der Waals surface area contributed by atoms with Gasteiger partial charge in [-0.25, -0.2) is 0 Å². The summed E-state index contributed by atoms with van der Waals surface area (Å²) < 4.78 is 2.41. The van der Waals surface area contributed by atoms with Gasteiger partial charge in [-0.15, -0.1) is 0 Å². The normalized spacial score (nSPS) is 11.9. The second kappa shape index (κ2) is 12.1. The first kappa shape index (κ1) is 31.6. The van der Waals surface area contributed by atoms with Crippen molar-refractivity contribution in [3.63, 3.8) is 0 Å². The van der Waals surface area contributed by atoms with Crippen molar-refractivity contribution in [2.24, 2.45) is 0 Å². The predicted molar refractivity (Wildman–Crippen MR) is 235 cm³/mol. The van der Waals surface area contributed by atoms with E-state index in [1.54, 1.807) is 0 Å². The molecule has 0 aliphatic heterocycles. The van der Waals surface area contributed by atoms with Crippen LogP contribution in [0.4, 0.5) is 17.1 Å². The number of fused-ring (bicyclic) bond motifs is 9. The molecule has 9 aromatic carbocycles. The van der Waals surface area contributed by atoms with Crippen LogP contribution in [0.3, 0.4) is 0 Å². The van der Waals surface area contributed by atoms with Crippen LogP contribution in [-0.2, 0) is 0 Å². The number of benzene rings is 9. The van der Waals surface area contributed by atoms with Gasteiger partial charge in [0.05, 0.1) is 16.7 Å². The smallest absolute Gasteiger partial charge is 0.0541 e. The topological polar surface area (TPSA) is 8.17 Å². The summed E-state index contributed by atoms with van der Waals surface area (Å²) in [5.41, 5.74) is 18.8. The number of aromatic nitrogens is 1. The number of nitrogens with zero attached hydrogens (tertiary/aromatic N) is 2. The number of anilines is 3. The minimum atomic E-state index is 1.16. The van der Waals surface area contributed by atoms with Gasteiger partial charge >= 0.3 is 0 Å². The molecule has 0 unspecified atom stereocenters. The Bertz CT molecular complexity index is 3110. The summed E-state index contributed by atoms with van der Waals surface area (Å²) >= 11 is 0. The zero-order valence-electron chi connectivity index (χ0n) is 31.1. The van der Waals surface area contributed by atoms with Crippen molar-refractivity contribution in [2.45, 2.75) is 20.8 Å². The Hall–Kier alpha value is -6.90. The molecule has 1 aliphatic rings. The molecule has 10 aromatic rings. The van der Waals surface area contributed by atoms with Gasteiger partial charge in [-0.2, -0.15) is 0 Å². The Morgan fingerprint density at radius 3 is 1.58 bits per heavy atom. The molecule has 0 fully saturated rings. The van der Waals surface area contributed by atoms with Crippen LogP contribution in [0.1, 0.15) is 16.7 Å². The zero-order valence-corrected chi connectivity index (χ0v) is 31.1. The highest BCUT2D eigenvalue weighted by molar-refractivity contribution is 6.13. The highest BCUT2D eigenvalue weighted by Crippen LogP contribution is 2.51. The largest absolute Gasteiger partial charge is 0.310 e. The molecule has 0 atom stereocenters. The Balaban J connectivity index is 1.02. The molecular formula is C53H38N2. The average Bonchev–Trinajstić information content (AvgIpc) is 3.55. The number of aryl methyl sites for hydroxylation is 3. The van der Waals surface area contributed by atoms with E-state index < -0.39 is 0 Å². The van der Waals surface area contributed by atoms with Crippen LogP contribution in [0, 0.1) is 20.8 Å². The lowest BCUT2D eigenvalue weighted by Crippen LogP contribution is -2.14. The van der Waals surface area contributed by atoms with Crippen LogP contribution in [0.5, 0.6) is 0 Å². The molecule has 0 saturated carbocycles. The van der Waals surface area contributed by atoms with E-state index in [-0.39, 0.29) is 0 Å². The fraction of sp³-hybridized carbons (Fsp3) is 0.0566. The maximum Gasteiger partial charge on any atom is 0.0541 e. The average molecular weight is 703 g/mol. The van der Waals surface area contributed by atoms with Gasteiger partial charge in [-0.1, -0.05) is 103 Å². The first-order valence-corrected chi connectivity index (χ1v) is 19.2. The molecule has 0 spiro atoms. The molecule has 0 radical (unpaired) electrons. The Morgan fingerprint density at radius 1 is 0.382 bits per heavy atom. The van der Waals surface area contributed by atoms with Crippen molar-refractivity contribution in [3.8, 4) is 39.1 Å². The van der Waals surface area contributed by atoms with E-state index >= 15 is 0 Å². The molecule has 0 bridgehead atoms. The van der Waals surface area contributed by atoms with Gasteiger partial charge in [0, 0.05) is 27.8 Å². The molecule has 1 aliphatic carbocycles. The summed E-state index contributed by atoms with van der Waals surface area (Å²) in [7, 11) is 0. The molecule has 0 saturated heterocycles. The summed E-state index contributed by atoms with van der Waals surface area (Å²) in [5, 5.41) is 7.59. The number of hydrogen-bond donors (Lipinski definition) is 0. The molecule has 2 nitrogen and oxygen atoms in total. The maximum absolute atomic E-state index is 2.46. The van der Waals surface area contributed by atoms with Crippen molar-refractivity contribution in [1.29, 1.82) is 0 Å². The molecule has 11 rings (SSSR count). The van der Waals surface area contributed by atoms with Crippen LogP contribution in [0.2, 0.25) is 0 Å². The van der Waals surface area contributed by atoms with Gasteiger partial charge in [0.2, 0.25) is 0 Å². The minimum absolute atomic E-state index is 1.16. The third-order valence-corrected chi connectivity index (χ3v) is 11.8. The maximum atomic E-state index is 2.46. The first-order chi connectivity index (χ1) is 27.0. The van der Waals surface area contributed by atoms with E-state index in [1.165, 1.54) is 110 Å². The predicted octanol–water partition coefficient (Wildman–Crippen LogP) is 14.8. The van der Waals surface area contributed by atoms with Crippen molar-refractivity contribution in [2.75, 3.05) is 4.90 Å². The highest BCUT2D eigenvalue weighted by Gasteiger charge is 2.25. The van der Waals surface area contributed by atoms with E-state index in [9.17, 15) is 0 Å². The SMILES string of the molecule is Cc1cc(-c2ccccc2)ccc1N(c1ccc2cc3c(cc2c1)-c1cc2cc(-n4c5ccccc5c5ccccc54)ccc2cc1-3)c1c(C)cccc1C. The molecule has 0 amide bonds. The molecular weight excluding hydrogens is 665 g/mol. The third-order valence-electron chi connectivity index (χ3n) is 11.8. The van der Waals surface area contributed by atoms with E-state index in [4.69, 9.17) is 0 Å². The second-order valence-corrected chi connectivity index (χ2v) is 15.2. The Morgan fingerprint density at radius 2 is 0.945 bits per heavy atom. The first-order valence-electron chi connectivity index (χ1n) is 19.2.